The lowest BCUT2D eigenvalue weighted by Gasteiger charge is -2.34. The summed E-state index contributed by atoms with van der Waals surface area (Å²) in [6.07, 6.45) is 1.16. The molecule has 1 aromatic rings. The molecule has 0 bridgehead atoms. The molecule has 26 heavy (non-hydrogen) atoms. The monoisotopic (exact) mass is 429 g/mol. The molecule has 0 aliphatic carbocycles. The van der Waals surface area contributed by atoms with Gasteiger partial charge in [0.1, 0.15) is 11.4 Å². The number of piperidine rings is 1. The maximum absolute atomic E-state index is 13.7. The smallest absolute Gasteiger partial charge is 0.410 e. The number of amides is 3. The summed E-state index contributed by atoms with van der Waals surface area (Å²) in [5.74, 6) is -0.445. The minimum Gasteiger partial charge on any atom is -0.444 e. The first-order valence-corrected chi connectivity index (χ1v) is 9.35. The van der Waals surface area contributed by atoms with Gasteiger partial charge in [0.25, 0.3) is 0 Å². The molecular formula is C18H25BrFN3O3. The van der Waals surface area contributed by atoms with Gasteiger partial charge in [-0.25, -0.2) is 14.0 Å². The molecule has 1 aliphatic rings. The van der Waals surface area contributed by atoms with Crippen molar-refractivity contribution in [3.8, 4) is 0 Å². The molecule has 2 N–H and O–H groups in total. The van der Waals surface area contributed by atoms with Crippen LogP contribution in [-0.4, -0.2) is 41.8 Å². The number of likely N-dealkylation sites (tertiary alicyclic amines) is 1. The van der Waals surface area contributed by atoms with E-state index in [0.717, 1.165) is 18.4 Å². The predicted molar refractivity (Wildman–Crippen MR) is 102 cm³/mol. The third-order valence-electron chi connectivity index (χ3n) is 3.92. The van der Waals surface area contributed by atoms with Crippen LogP contribution in [0.1, 0.15) is 39.2 Å². The fourth-order valence-corrected chi connectivity index (χ4v) is 3.17. The first kappa shape index (κ1) is 20.5. The second-order valence-corrected chi connectivity index (χ2v) is 8.30. The zero-order valence-electron chi connectivity index (χ0n) is 15.5. The summed E-state index contributed by atoms with van der Waals surface area (Å²) >= 11 is 3.11. The van der Waals surface area contributed by atoms with E-state index in [1.807, 2.05) is 20.8 Å². The highest BCUT2D eigenvalue weighted by atomic mass is 79.9. The summed E-state index contributed by atoms with van der Waals surface area (Å²) in [4.78, 5) is 26.0. The van der Waals surface area contributed by atoms with Crippen molar-refractivity contribution in [2.45, 2.75) is 52.2 Å². The van der Waals surface area contributed by atoms with Gasteiger partial charge >= 0.3 is 12.1 Å². The van der Waals surface area contributed by atoms with Crippen LogP contribution in [0.2, 0.25) is 0 Å². The van der Waals surface area contributed by atoms with Gasteiger partial charge in [0.2, 0.25) is 0 Å². The number of ether oxygens (including phenoxy) is 1. The van der Waals surface area contributed by atoms with Crippen LogP contribution in [0.3, 0.4) is 0 Å². The molecule has 0 saturated carbocycles. The molecule has 1 atom stereocenters. The number of aryl methyl sites for hydroxylation is 1. The Labute approximate surface area is 161 Å². The zero-order chi connectivity index (χ0) is 19.5. The predicted octanol–water partition coefficient (Wildman–Crippen LogP) is 4.42. The summed E-state index contributed by atoms with van der Waals surface area (Å²) in [6.45, 7) is 8.22. The Morgan fingerprint density at radius 3 is 2.69 bits per heavy atom. The molecule has 8 heteroatoms. The van der Waals surface area contributed by atoms with Crippen molar-refractivity contribution < 1.29 is 18.7 Å². The largest absolute Gasteiger partial charge is 0.444 e. The number of carbonyl (C=O) groups excluding carboxylic acids is 2. The molecule has 1 saturated heterocycles. The number of carbonyl (C=O) groups is 2. The van der Waals surface area contributed by atoms with Crippen molar-refractivity contribution in [3.63, 3.8) is 0 Å². The van der Waals surface area contributed by atoms with Gasteiger partial charge in [0.05, 0.1) is 4.47 Å². The molecule has 2 rings (SSSR count). The molecule has 0 radical (unpaired) electrons. The van der Waals surface area contributed by atoms with Crippen LogP contribution in [-0.2, 0) is 4.74 Å². The number of anilines is 1. The van der Waals surface area contributed by atoms with Crippen molar-refractivity contribution >= 4 is 33.7 Å². The molecular weight excluding hydrogens is 405 g/mol. The SMILES string of the molecule is Cc1cc(Br)c(F)cc1NC(=O)NC1CCCN(C(=O)OC(C)(C)C)C1. The third kappa shape index (κ3) is 5.86. The lowest BCUT2D eigenvalue weighted by molar-refractivity contribution is 0.0191. The second kappa shape index (κ2) is 8.24. The minimum absolute atomic E-state index is 0.183. The Hall–Kier alpha value is -1.83. The van der Waals surface area contributed by atoms with Crippen molar-refractivity contribution in [2.24, 2.45) is 0 Å². The highest BCUT2D eigenvalue weighted by molar-refractivity contribution is 9.10. The maximum atomic E-state index is 13.7. The van der Waals surface area contributed by atoms with Crippen LogP contribution >= 0.6 is 15.9 Å². The zero-order valence-corrected chi connectivity index (χ0v) is 17.1. The quantitative estimate of drug-likeness (QED) is 0.730. The highest BCUT2D eigenvalue weighted by Gasteiger charge is 2.28. The van der Waals surface area contributed by atoms with E-state index in [-0.39, 0.29) is 12.1 Å². The van der Waals surface area contributed by atoms with Gasteiger partial charge < -0.3 is 20.3 Å². The molecule has 1 unspecified atom stereocenters. The van der Waals surface area contributed by atoms with E-state index < -0.39 is 17.4 Å². The van der Waals surface area contributed by atoms with E-state index in [2.05, 4.69) is 26.6 Å². The Kier molecular flexibility index (Phi) is 6.49. The van der Waals surface area contributed by atoms with Gasteiger partial charge in [-0.15, -0.1) is 0 Å². The summed E-state index contributed by atoms with van der Waals surface area (Å²) in [5.41, 5.74) is 0.591. The number of hydrogen-bond donors (Lipinski definition) is 2. The first-order valence-electron chi connectivity index (χ1n) is 8.56. The normalized spacial score (nSPS) is 17.6. The topological polar surface area (TPSA) is 70.7 Å². The Bertz CT molecular complexity index is 691. The number of hydrogen-bond acceptors (Lipinski definition) is 3. The molecule has 0 spiro atoms. The fourth-order valence-electron chi connectivity index (χ4n) is 2.71. The van der Waals surface area contributed by atoms with Crippen LogP contribution in [0.5, 0.6) is 0 Å². The Morgan fingerprint density at radius 2 is 2.04 bits per heavy atom. The second-order valence-electron chi connectivity index (χ2n) is 7.45. The van der Waals surface area contributed by atoms with Crippen LogP contribution in [0.15, 0.2) is 16.6 Å². The molecule has 0 aromatic heterocycles. The minimum atomic E-state index is -0.558. The first-order chi connectivity index (χ1) is 12.0. The maximum Gasteiger partial charge on any atom is 0.410 e. The average Bonchev–Trinajstić information content (AvgIpc) is 2.51. The van der Waals surface area contributed by atoms with Crippen LogP contribution < -0.4 is 10.6 Å². The Morgan fingerprint density at radius 1 is 1.35 bits per heavy atom. The van der Waals surface area contributed by atoms with Crippen LogP contribution in [0.4, 0.5) is 19.7 Å². The molecule has 1 aliphatic heterocycles. The van der Waals surface area contributed by atoms with Gasteiger partial charge in [-0.1, -0.05) is 0 Å². The molecule has 6 nitrogen and oxygen atoms in total. The van der Waals surface area contributed by atoms with Gasteiger partial charge in [-0.3, -0.25) is 0 Å². The van der Waals surface area contributed by atoms with Crippen LogP contribution in [0, 0.1) is 12.7 Å². The lowest BCUT2D eigenvalue weighted by atomic mass is 10.1. The van der Waals surface area contributed by atoms with Crippen molar-refractivity contribution in [1.29, 1.82) is 0 Å². The van der Waals surface area contributed by atoms with E-state index in [1.165, 1.54) is 6.07 Å². The van der Waals surface area contributed by atoms with Crippen molar-refractivity contribution in [3.05, 3.63) is 28.0 Å². The number of nitrogens with zero attached hydrogens (tertiary/aromatic N) is 1. The summed E-state index contributed by atoms with van der Waals surface area (Å²) in [7, 11) is 0. The molecule has 1 aromatic carbocycles. The van der Waals surface area contributed by atoms with Gasteiger partial charge in [0.15, 0.2) is 0 Å². The molecule has 1 fully saturated rings. The van der Waals surface area contributed by atoms with E-state index in [1.54, 1.807) is 17.9 Å². The molecule has 3 amide bonds. The average molecular weight is 430 g/mol. The van der Waals surface area contributed by atoms with Gasteiger partial charge in [0, 0.05) is 24.8 Å². The van der Waals surface area contributed by atoms with Crippen molar-refractivity contribution in [2.75, 3.05) is 18.4 Å². The van der Waals surface area contributed by atoms with E-state index in [9.17, 15) is 14.0 Å². The summed E-state index contributed by atoms with van der Waals surface area (Å²) < 4.78 is 19.4. The standard InChI is InChI=1S/C18H25BrFN3O3/c1-11-8-13(19)14(20)9-15(11)22-16(24)21-12-6-5-7-23(10-12)17(25)26-18(2,3)4/h8-9,12H,5-7,10H2,1-4H3,(H2,21,22,24). The van der Waals surface area contributed by atoms with Crippen molar-refractivity contribution in [1.82, 2.24) is 10.2 Å². The number of urea groups is 1. The van der Waals surface area contributed by atoms with Gasteiger partial charge in [-0.05, 0) is 74.2 Å². The van der Waals surface area contributed by atoms with Crippen LogP contribution in [0.25, 0.3) is 0 Å². The molecule has 144 valence electrons. The summed E-state index contributed by atoms with van der Waals surface area (Å²) in [5, 5.41) is 5.50. The number of benzene rings is 1. The Balaban J connectivity index is 1.92. The van der Waals surface area contributed by atoms with E-state index in [0.29, 0.717) is 23.2 Å². The van der Waals surface area contributed by atoms with Gasteiger partial charge in [-0.2, -0.15) is 0 Å². The lowest BCUT2D eigenvalue weighted by Crippen LogP contribution is -2.51. The number of rotatable bonds is 2. The van der Waals surface area contributed by atoms with E-state index >= 15 is 0 Å². The number of nitrogens with one attached hydrogen (secondary N) is 2. The summed E-state index contributed by atoms with van der Waals surface area (Å²) in [6, 6.07) is 2.27. The fraction of sp³-hybridized carbons (Fsp3) is 0.556. The third-order valence-corrected chi connectivity index (χ3v) is 4.53. The highest BCUT2D eigenvalue weighted by Crippen LogP contribution is 2.24. The number of halogens is 2. The molecule has 1 heterocycles. The van der Waals surface area contributed by atoms with E-state index in [4.69, 9.17) is 4.74 Å².